The zero-order valence-electron chi connectivity index (χ0n) is 20.4. The summed E-state index contributed by atoms with van der Waals surface area (Å²) in [5.74, 6) is 2.33. The first-order chi connectivity index (χ1) is 18.2. The van der Waals surface area contributed by atoms with Crippen molar-refractivity contribution in [1.29, 1.82) is 0 Å². The van der Waals surface area contributed by atoms with Crippen molar-refractivity contribution in [3.05, 3.63) is 96.6 Å². The number of carbonyl (C=O) groups excluding carboxylic acids is 1. The van der Waals surface area contributed by atoms with Crippen molar-refractivity contribution in [3.63, 3.8) is 0 Å². The first-order valence-electron chi connectivity index (χ1n) is 12.5. The van der Waals surface area contributed by atoms with Crippen LogP contribution in [0.15, 0.2) is 85.2 Å². The number of ether oxygens (including phenoxy) is 1. The van der Waals surface area contributed by atoms with E-state index in [-0.39, 0.29) is 17.9 Å². The third-order valence-corrected chi connectivity index (χ3v) is 6.69. The second kappa shape index (κ2) is 9.81. The van der Waals surface area contributed by atoms with E-state index in [1.54, 1.807) is 12.4 Å². The highest BCUT2D eigenvalue weighted by Crippen LogP contribution is 2.38. The number of nitrogens with one attached hydrogen (secondary N) is 1. The van der Waals surface area contributed by atoms with Gasteiger partial charge in [-0.25, -0.2) is 4.98 Å². The van der Waals surface area contributed by atoms with Gasteiger partial charge in [-0.15, -0.1) is 10.2 Å². The molecule has 1 N–H and O–H groups in total. The molecule has 3 aromatic heterocycles. The van der Waals surface area contributed by atoms with Crippen LogP contribution in [0.5, 0.6) is 5.75 Å². The fourth-order valence-electron chi connectivity index (χ4n) is 4.82. The van der Waals surface area contributed by atoms with Crippen LogP contribution in [0, 0.1) is 0 Å². The minimum atomic E-state index is -0.100. The molecule has 5 aromatic rings. The van der Waals surface area contributed by atoms with Gasteiger partial charge in [-0.3, -0.25) is 14.3 Å². The van der Waals surface area contributed by atoms with Crippen LogP contribution in [0.1, 0.15) is 41.9 Å². The molecule has 0 bridgehead atoms. The quantitative estimate of drug-likeness (QED) is 0.347. The van der Waals surface area contributed by atoms with Crippen LogP contribution in [-0.4, -0.2) is 43.3 Å². The molecule has 8 heteroatoms. The van der Waals surface area contributed by atoms with Gasteiger partial charge in [0.25, 0.3) is 5.91 Å². The molecule has 0 radical (unpaired) electrons. The van der Waals surface area contributed by atoms with Crippen LogP contribution < -0.4 is 10.1 Å². The van der Waals surface area contributed by atoms with E-state index in [4.69, 9.17) is 4.74 Å². The molecule has 3 heterocycles. The maximum absolute atomic E-state index is 13.1. The highest BCUT2D eigenvalue weighted by atomic mass is 16.5. The molecule has 1 aliphatic carbocycles. The molecule has 0 spiro atoms. The molecule has 8 nitrogen and oxygen atoms in total. The van der Waals surface area contributed by atoms with Gasteiger partial charge in [0.2, 0.25) is 0 Å². The molecule has 184 valence electrons. The van der Waals surface area contributed by atoms with Crippen molar-refractivity contribution >= 4 is 16.8 Å². The summed E-state index contributed by atoms with van der Waals surface area (Å²) in [6.45, 7) is 2.53. The van der Waals surface area contributed by atoms with E-state index in [2.05, 4.69) is 30.0 Å². The second-order valence-corrected chi connectivity index (χ2v) is 9.08. The monoisotopic (exact) mass is 490 g/mol. The molecule has 37 heavy (non-hydrogen) atoms. The van der Waals surface area contributed by atoms with Crippen molar-refractivity contribution in [3.8, 4) is 23.0 Å². The van der Waals surface area contributed by atoms with Crippen molar-refractivity contribution in [2.45, 2.75) is 31.7 Å². The molecule has 1 saturated carbocycles. The lowest BCUT2D eigenvalue weighted by Crippen LogP contribution is -2.44. The number of nitrogens with zero attached hydrogens (tertiary/aromatic N) is 5. The number of pyridine rings is 2. The molecule has 1 amide bonds. The van der Waals surface area contributed by atoms with Crippen molar-refractivity contribution in [1.82, 2.24) is 30.0 Å². The van der Waals surface area contributed by atoms with Crippen LogP contribution in [0.2, 0.25) is 0 Å². The largest absolute Gasteiger partial charge is 0.492 e. The van der Waals surface area contributed by atoms with Gasteiger partial charge in [-0.05, 0) is 56.2 Å². The van der Waals surface area contributed by atoms with Gasteiger partial charge in [-0.1, -0.05) is 36.4 Å². The summed E-state index contributed by atoms with van der Waals surface area (Å²) in [5, 5.41) is 13.2. The Balaban J connectivity index is 1.23. The number of hydrogen-bond acceptors (Lipinski definition) is 6. The predicted octanol–water partition coefficient (Wildman–Crippen LogP) is 4.95. The topological polar surface area (TPSA) is 94.8 Å². The molecule has 1 aliphatic rings. The third kappa shape index (κ3) is 4.42. The normalized spacial score (nSPS) is 16.8. The first kappa shape index (κ1) is 22.8. The standard InChI is InChI=1S/C29H26N6O2/c1-2-37-23-13-14-25(31-18-23)28-34-33-27(35(28)22-10-4-3-5-11-22)20-16-21(17-20)32-29(36)24-12-6-8-19-9-7-15-30-26(19)24/h3-15,18,20-21H,2,16-17H2,1H3,(H,32,36)/t20-,21-. The van der Waals surface area contributed by atoms with Crippen LogP contribution in [0.3, 0.4) is 0 Å². The van der Waals surface area contributed by atoms with Gasteiger partial charge < -0.3 is 10.1 Å². The van der Waals surface area contributed by atoms with Crippen LogP contribution in [0.25, 0.3) is 28.1 Å². The highest BCUT2D eigenvalue weighted by Gasteiger charge is 2.36. The number of amides is 1. The lowest BCUT2D eigenvalue weighted by atomic mass is 9.79. The van der Waals surface area contributed by atoms with E-state index in [1.165, 1.54) is 0 Å². The molecule has 2 aromatic carbocycles. The molecule has 6 rings (SSSR count). The summed E-state index contributed by atoms with van der Waals surface area (Å²) in [4.78, 5) is 22.0. The number of benzene rings is 2. The van der Waals surface area contributed by atoms with E-state index in [1.807, 2.05) is 79.7 Å². The Morgan fingerprint density at radius 3 is 2.59 bits per heavy atom. The number of para-hydroxylation sites is 2. The van der Waals surface area contributed by atoms with Gasteiger partial charge >= 0.3 is 0 Å². The Kier molecular flexibility index (Phi) is 6.06. The van der Waals surface area contributed by atoms with Crippen LogP contribution in [-0.2, 0) is 0 Å². The average Bonchev–Trinajstić information content (AvgIpc) is 3.35. The maximum atomic E-state index is 13.1. The second-order valence-electron chi connectivity index (χ2n) is 9.08. The zero-order chi connectivity index (χ0) is 25.2. The van der Waals surface area contributed by atoms with E-state index >= 15 is 0 Å². The van der Waals surface area contributed by atoms with Crippen molar-refractivity contribution < 1.29 is 9.53 Å². The van der Waals surface area contributed by atoms with E-state index < -0.39 is 0 Å². The fraction of sp³-hybridized carbons (Fsp3) is 0.207. The van der Waals surface area contributed by atoms with E-state index in [0.717, 1.165) is 46.7 Å². The van der Waals surface area contributed by atoms with Gasteiger partial charge in [0.1, 0.15) is 17.3 Å². The lowest BCUT2D eigenvalue weighted by molar-refractivity contribution is 0.0908. The first-order valence-corrected chi connectivity index (χ1v) is 12.5. The Morgan fingerprint density at radius 1 is 0.973 bits per heavy atom. The Labute approximate surface area is 214 Å². The summed E-state index contributed by atoms with van der Waals surface area (Å²) in [6.07, 6.45) is 4.99. The number of carbonyl (C=O) groups is 1. The number of hydrogen-bond donors (Lipinski definition) is 1. The van der Waals surface area contributed by atoms with E-state index in [9.17, 15) is 4.79 Å². The minimum absolute atomic E-state index is 0.0597. The van der Waals surface area contributed by atoms with E-state index in [0.29, 0.717) is 18.0 Å². The predicted molar refractivity (Wildman–Crippen MR) is 141 cm³/mol. The van der Waals surface area contributed by atoms with Gasteiger partial charge in [0.15, 0.2) is 5.82 Å². The Morgan fingerprint density at radius 2 is 1.81 bits per heavy atom. The SMILES string of the molecule is CCOc1ccc(-c2nnc([C@H]3C[C@H](NC(=O)c4cccc5cccnc45)C3)n2-c2ccccc2)nc1. The molecular weight excluding hydrogens is 464 g/mol. The average molecular weight is 491 g/mol. The highest BCUT2D eigenvalue weighted by molar-refractivity contribution is 6.05. The van der Waals surface area contributed by atoms with Gasteiger partial charge in [0, 0.05) is 29.2 Å². The molecular formula is C29H26N6O2. The minimum Gasteiger partial charge on any atom is -0.492 e. The summed E-state index contributed by atoms with van der Waals surface area (Å²) < 4.78 is 7.61. The number of aromatic nitrogens is 5. The Hall–Kier alpha value is -4.59. The fourth-order valence-corrected chi connectivity index (χ4v) is 4.82. The third-order valence-electron chi connectivity index (χ3n) is 6.69. The number of rotatable bonds is 7. The molecule has 1 fully saturated rings. The van der Waals surface area contributed by atoms with Crippen LogP contribution in [0.4, 0.5) is 0 Å². The van der Waals surface area contributed by atoms with Crippen molar-refractivity contribution in [2.75, 3.05) is 6.61 Å². The molecule has 0 atom stereocenters. The summed E-state index contributed by atoms with van der Waals surface area (Å²) in [5.41, 5.74) is 3.01. The van der Waals surface area contributed by atoms with Gasteiger partial charge in [-0.2, -0.15) is 0 Å². The summed E-state index contributed by atoms with van der Waals surface area (Å²) in [6, 6.07) is 23.4. The zero-order valence-corrected chi connectivity index (χ0v) is 20.4. The van der Waals surface area contributed by atoms with Crippen LogP contribution >= 0.6 is 0 Å². The number of fused-ring (bicyclic) bond motifs is 1. The smallest absolute Gasteiger partial charge is 0.253 e. The maximum Gasteiger partial charge on any atom is 0.253 e. The van der Waals surface area contributed by atoms with Crippen molar-refractivity contribution in [2.24, 2.45) is 0 Å². The molecule has 0 aliphatic heterocycles. The Bertz CT molecular complexity index is 1540. The molecule has 0 unspecified atom stereocenters. The summed E-state index contributed by atoms with van der Waals surface area (Å²) >= 11 is 0. The van der Waals surface area contributed by atoms with Gasteiger partial charge in [0.05, 0.1) is 23.9 Å². The summed E-state index contributed by atoms with van der Waals surface area (Å²) in [7, 11) is 0. The lowest BCUT2D eigenvalue weighted by Gasteiger charge is -2.35. The molecule has 0 saturated heterocycles.